The number of halogens is 1. The molecular formula is C10H18IN3O2S2. The molecule has 0 bridgehead atoms. The van der Waals surface area contributed by atoms with Gasteiger partial charge in [-0.05, 0) is 26.0 Å². The highest BCUT2D eigenvalue weighted by Gasteiger charge is 2.10. The van der Waals surface area contributed by atoms with E-state index in [1.165, 1.54) is 17.6 Å². The molecule has 1 heterocycles. The Morgan fingerprint density at radius 3 is 2.56 bits per heavy atom. The summed E-state index contributed by atoms with van der Waals surface area (Å²) in [5.74, 6) is 0.370. The molecule has 0 aliphatic heterocycles. The molecule has 0 aliphatic rings. The van der Waals surface area contributed by atoms with Gasteiger partial charge in [-0.1, -0.05) is 0 Å². The Labute approximate surface area is 129 Å². The minimum absolute atomic E-state index is 0. The maximum atomic E-state index is 11.3. The van der Waals surface area contributed by atoms with Gasteiger partial charge in [0.2, 0.25) is 0 Å². The van der Waals surface area contributed by atoms with Crippen molar-refractivity contribution in [3.05, 3.63) is 17.0 Å². The summed E-state index contributed by atoms with van der Waals surface area (Å²) in [6.45, 7) is 4.33. The average Bonchev–Trinajstić information content (AvgIpc) is 2.61. The highest BCUT2D eigenvalue weighted by molar-refractivity contribution is 14.0. The summed E-state index contributed by atoms with van der Waals surface area (Å²) in [5, 5.41) is 2.96. The molecule has 8 heteroatoms. The fourth-order valence-corrected chi connectivity index (χ4v) is 3.05. The summed E-state index contributed by atoms with van der Waals surface area (Å²) in [5.41, 5.74) is 5.64. The first-order chi connectivity index (χ1) is 7.79. The van der Waals surface area contributed by atoms with Crippen LogP contribution in [-0.4, -0.2) is 26.7 Å². The Balaban J connectivity index is 0.00000289. The van der Waals surface area contributed by atoms with Gasteiger partial charge in [-0.15, -0.1) is 35.3 Å². The van der Waals surface area contributed by atoms with E-state index in [9.17, 15) is 8.42 Å². The number of aliphatic imine (C=N–C) groups is 1. The quantitative estimate of drug-likeness (QED) is 0.454. The van der Waals surface area contributed by atoms with Crippen molar-refractivity contribution in [2.24, 2.45) is 10.7 Å². The van der Waals surface area contributed by atoms with Crippen LogP contribution in [0.3, 0.4) is 0 Å². The Morgan fingerprint density at radius 1 is 1.50 bits per heavy atom. The normalized spacial score (nSPS) is 12.3. The van der Waals surface area contributed by atoms with Gasteiger partial charge in [0, 0.05) is 17.2 Å². The maximum absolute atomic E-state index is 11.3. The molecule has 0 aliphatic carbocycles. The molecule has 0 aromatic carbocycles. The van der Waals surface area contributed by atoms with E-state index < -0.39 is 9.84 Å². The molecule has 1 rings (SSSR count). The molecule has 0 atom stereocenters. The molecule has 104 valence electrons. The highest BCUT2D eigenvalue weighted by Crippen LogP contribution is 2.21. The molecule has 5 nitrogen and oxygen atoms in total. The van der Waals surface area contributed by atoms with Crippen LogP contribution < -0.4 is 11.1 Å². The number of nitrogens with one attached hydrogen (secondary N) is 1. The Bertz CT molecular complexity index is 509. The molecule has 0 spiro atoms. The largest absolute Gasteiger partial charge is 0.370 e. The maximum Gasteiger partial charge on any atom is 0.189 e. The first kappa shape index (κ1) is 17.6. The van der Waals surface area contributed by atoms with E-state index in [4.69, 9.17) is 5.73 Å². The molecule has 0 amide bonds. The van der Waals surface area contributed by atoms with Crippen LogP contribution in [0, 0.1) is 0 Å². The van der Waals surface area contributed by atoms with Crippen molar-refractivity contribution in [2.45, 2.75) is 30.6 Å². The number of nitrogens with zero attached hydrogens (tertiary/aromatic N) is 1. The minimum Gasteiger partial charge on any atom is -0.370 e. The van der Waals surface area contributed by atoms with Crippen molar-refractivity contribution < 1.29 is 8.42 Å². The zero-order valence-electron chi connectivity index (χ0n) is 10.5. The van der Waals surface area contributed by atoms with E-state index >= 15 is 0 Å². The van der Waals surface area contributed by atoms with Gasteiger partial charge < -0.3 is 11.1 Å². The lowest BCUT2D eigenvalue weighted by Gasteiger charge is -2.07. The molecular weight excluding hydrogens is 385 g/mol. The number of hydrogen-bond donors (Lipinski definition) is 2. The molecule has 1 aromatic heterocycles. The van der Waals surface area contributed by atoms with Gasteiger partial charge in [0.25, 0.3) is 0 Å². The van der Waals surface area contributed by atoms with Crippen molar-refractivity contribution in [1.82, 2.24) is 5.32 Å². The van der Waals surface area contributed by atoms with Gasteiger partial charge in [0.1, 0.15) is 4.21 Å². The van der Waals surface area contributed by atoms with Crippen LogP contribution in [-0.2, 0) is 16.4 Å². The average molecular weight is 403 g/mol. The van der Waals surface area contributed by atoms with Gasteiger partial charge in [-0.2, -0.15) is 0 Å². The summed E-state index contributed by atoms with van der Waals surface area (Å²) in [7, 11) is -3.12. The molecule has 3 N–H and O–H groups in total. The number of sulfone groups is 1. The van der Waals surface area contributed by atoms with E-state index in [1.807, 2.05) is 13.8 Å². The second-order valence-electron chi connectivity index (χ2n) is 3.99. The summed E-state index contributed by atoms with van der Waals surface area (Å²) in [6, 6.07) is 3.58. The minimum atomic E-state index is -3.12. The lowest BCUT2D eigenvalue weighted by Crippen LogP contribution is -2.36. The van der Waals surface area contributed by atoms with Gasteiger partial charge in [-0.25, -0.2) is 13.4 Å². The second-order valence-corrected chi connectivity index (χ2v) is 7.40. The van der Waals surface area contributed by atoms with Crippen LogP contribution >= 0.6 is 35.3 Å². The monoisotopic (exact) mass is 403 g/mol. The third-order valence-electron chi connectivity index (χ3n) is 1.84. The topological polar surface area (TPSA) is 84.5 Å². The third kappa shape index (κ3) is 6.01. The fourth-order valence-electron chi connectivity index (χ4n) is 1.15. The smallest absolute Gasteiger partial charge is 0.189 e. The molecule has 0 saturated heterocycles. The summed E-state index contributed by atoms with van der Waals surface area (Å²) < 4.78 is 22.9. The first-order valence-electron chi connectivity index (χ1n) is 5.14. The first-order valence-corrected chi connectivity index (χ1v) is 7.85. The van der Waals surface area contributed by atoms with Gasteiger partial charge >= 0.3 is 0 Å². The third-order valence-corrected chi connectivity index (χ3v) is 4.73. The number of rotatable bonds is 4. The lowest BCUT2D eigenvalue weighted by atomic mass is 10.4. The van der Waals surface area contributed by atoms with E-state index in [0.29, 0.717) is 16.7 Å². The van der Waals surface area contributed by atoms with Crippen LogP contribution in [0.5, 0.6) is 0 Å². The summed E-state index contributed by atoms with van der Waals surface area (Å²) in [6.07, 6.45) is 1.20. The Kier molecular flexibility index (Phi) is 7.15. The SMILES string of the molecule is CC(C)NC(N)=NCc1ccc(S(C)(=O)=O)s1.I. The van der Waals surface area contributed by atoms with Gasteiger partial charge in [0.05, 0.1) is 6.54 Å². The van der Waals surface area contributed by atoms with E-state index in [-0.39, 0.29) is 30.0 Å². The zero-order chi connectivity index (χ0) is 13.1. The van der Waals surface area contributed by atoms with Crippen molar-refractivity contribution in [3.63, 3.8) is 0 Å². The molecule has 0 fully saturated rings. The molecule has 0 unspecified atom stereocenters. The zero-order valence-corrected chi connectivity index (χ0v) is 14.5. The van der Waals surface area contributed by atoms with Crippen LogP contribution in [0.4, 0.5) is 0 Å². The standard InChI is InChI=1S/C10H17N3O2S2.HI/c1-7(2)13-10(11)12-6-8-4-5-9(16-8)17(3,14)15;/h4-5,7H,6H2,1-3H3,(H3,11,12,13);1H. The van der Waals surface area contributed by atoms with Crippen molar-refractivity contribution >= 4 is 51.1 Å². The molecule has 0 saturated carbocycles. The van der Waals surface area contributed by atoms with Gasteiger partial charge in [-0.3, -0.25) is 0 Å². The Morgan fingerprint density at radius 2 is 2.11 bits per heavy atom. The van der Waals surface area contributed by atoms with Gasteiger partial charge in [0.15, 0.2) is 15.8 Å². The van der Waals surface area contributed by atoms with Crippen molar-refractivity contribution in [3.8, 4) is 0 Å². The lowest BCUT2D eigenvalue weighted by molar-refractivity contribution is 0.604. The predicted octanol–water partition coefficient (Wildman–Crippen LogP) is 1.58. The van der Waals surface area contributed by atoms with Crippen LogP contribution in [0.15, 0.2) is 21.3 Å². The number of guanidine groups is 1. The fraction of sp³-hybridized carbons (Fsp3) is 0.500. The summed E-state index contributed by atoms with van der Waals surface area (Å²) >= 11 is 1.22. The van der Waals surface area contributed by atoms with E-state index in [0.717, 1.165) is 4.88 Å². The summed E-state index contributed by atoms with van der Waals surface area (Å²) in [4.78, 5) is 5.00. The van der Waals surface area contributed by atoms with Crippen LogP contribution in [0.1, 0.15) is 18.7 Å². The number of hydrogen-bond acceptors (Lipinski definition) is 4. The predicted molar refractivity (Wildman–Crippen MR) is 86.4 cm³/mol. The molecule has 1 aromatic rings. The van der Waals surface area contributed by atoms with Crippen LogP contribution in [0.2, 0.25) is 0 Å². The highest BCUT2D eigenvalue weighted by atomic mass is 127. The molecule has 18 heavy (non-hydrogen) atoms. The van der Waals surface area contributed by atoms with Crippen molar-refractivity contribution in [1.29, 1.82) is 0 Å². The Hall–Kier alpha value is -0.350. The van der Waals surface area contributed by atoms with Crippen LogP contribution in [0.25, 0.3) is 0 Å². The second kappa shape index (κ2) is 7.29. The van der Waals surface area contributed by atoms with E-state index in [1.54, 1.807) is 12.1 Å². The molecule has 0 radical (unpaired) electrons. The number of thiophene rings is 1. The van der Waals surface area contributed by atoms with Crippen molar-refractivity contribution in [2.75, 3.05) is 6.26 Å². The van der Waals surface area contributed by atoms with E-state index in [2.05, 4.69) is 10.3 Å². The number of nitrogens with two attached hydrogens (primary N) is 1.